The molecule has 18 heavy (non-hydrogen) atoms. The average Bonchev–Trinajstić information content (AvgIpc) is 2.34. The molecule has 0 atom stereocenters. The molecule has 0 amide bonds. The van der Waals surface area contributed by atoms with E-state index in [0.29, 0.717) is 0 Å². The molecule has 1 N–H and O–H groups in total. The van der Waals surface area contributed by atoms with Crippen molar-refractivity contribution in [2.75, 3.05) is 0 Å². The number of nitrogens with zero attached hydrogens (tertiary/aromatic N) is 1. The molecule has 0 bridgehead atoms. The maximum atomic E-state index is 13.6. The SMILES string of the molecule is OCc1c(Cl)cnc(-c2cccc(F)c2F)c1Cl. The Morgan fingerprint density at radius 3 is 2.61 bits per heavy atom. The van der Waals surface area contributed by atoms with Crippen LogP contribution in [-0.2, 0) is 6.61 Å². The van der Waals surface area contributed by atoms with E-state index in [4.69, 9.17) is 28.3 Å². The molecule has 0 saturated heterocycles. The first kappa shape index (κ1) is 13.2. The summed E-state index contributed by atoms with van der Waals surface area (Å²) in [6, 6.07) is 3.69. The van der Waals surface area contributed by atoms with Crippen LogP contribution in [0.2, 0.25) is 10.0 Å². The monoisotopic (exact) mass is 289 g/mol. The van der Waals surface area contributed by atoms with Crippen molar-refractivity contribution in [1.29, 1.82) is 0 Å². The fraction of sp³-hybridized carbons (Fsp3) is 0.0833. The van der Waals surface area contributed by atoms with Gasteiger partial charge in [0.2, 0.25) is 0 Å². The summed E-state index contributed by atoms with van der Waals surface area (Å²) < 4.78 is 26.8. The second-order valence-electron chi connectivity index (χ2n) is 3.51. The van der Waals surface area contributed by atoms with Gasteiger partial charge < -0.3 is 5.11 Å². The molecule has 0 fully saturated rings. The summed E-state index contributed by atoms with van der Waals surface area (Å²) in [5.74, 6) is -2.04. The lowest BCUT2D eigenvalue weighted by atomic mass is 10.1. The summed E-state index contributed by atoms with van der Waals surface area (Å²) in [4.78, 5) is 3.88. The van der Waals surface area contributed by atoms with Crippen LogP contribution in [0.4, 0.5) is 8.78 Å². The normalized spacial score (nSPS) is 10.7. The van der Waals surface area contributed by atoms with Crippen molar-refractivity contribution in [3.63, 3.8) is 0 Å². The maximum absolute atomic E-state index is 13.6. The smallest absolute Gasteiger partial charge is 0.168 e. The minimum Gasteiger partial charge on any atom is -0.392 e. The second kappa shape index (κ2) is 5.18. The number of rotatable bonds is 2. The molecule has 2 aromatic rings. The van der Waals surface area contributed by atoms with Crippen molar-refractivity contribution in [1.82, 2.24) is 4.98 Å². The van der Waals surface area contributed by atoms with Crippen LogP contribution in [0.25, 0.3) is 11.3 Å². The highest BCUT2D eigenvalue weighted by Gasteiger charge is 2.17. The van der Waals surface area contributed by atoms with E-state index in [9.17, 15) is 8.78 Å². The molecule has 2 rings (SSSR count). The maximum Gasteiger partial charge on any atom is 0.168 e. The number of pyridine rings is 1. The van der Waals surface area contributed by atoms with E-state index in [-0.39, 0.29) is 26.9 Å². The molecule has 0 spiro atoms. The predicted octanol–water partition coefficient (Wildman–Crippen LogP) is 3.83. The van der Waals surface area contributed by atoms with Crippen LogP contribution in [0, 0.1) is 11.6 Å². The van der Waals surface area contributed by atoms with Crippen molar-refractivity contribution in [3.8, 4) is 11.3 Å². The van der Waals surface area contributed by atoms with Gasteiger partial charge in [-0.1, -0.05) is 29.3 Å². The van der Waals surface area contributed by atoms with Crippen molar-refractivity contribution in [2.24, 2.45) is 0 Å². The summed E-state index contributed by atoms with van der Waals surface area (Å²) in [5.41, 5.74) is 0.195. The molecule has 6 heteroatoms. The molecule has 1 aromatic carbocycles. The molecule has 0 aliphatic heterocycles. The first-order valence-corrected chi connectivity index (χ1v) is 5.70. The van der Waals surface area contributed by atoms with Gasteiger partial charge in [0, 0.05) is 17.3 Å². The van der Waals surface area contributed by atoms with Gasteiger partial charge in [-0.25, -0.2) is 8.78 Å². The molecule has 0 aliphatic carbocycles. The number of hydrogen-bond donors (Lipinski definition) is 1. The van der Waals surface area contributed by atoms with Crippen LogP contribution in [-0.4, -0.2) is 10.1 Å². The van der Waals surface area contributed by atoms with Crippen LogP contribution in [0.15, 0.2) is 24.4 Å². The first-order valence-electron chi connectivity index (χ1n) is 4.94. The van der Waals surface area contributed by atoms with E-state index in [2.05, 4.69) is 4.98 Å². The van der Waals surface area contributed by atoms with E-state index >= 15 is 0 Å². The third-order valence-electron chi connectivity index (χ3n) is 2.43. The molecule has 94 valence electrons. The molecule has 0 unspecified atom stereocenters. The predicted molar refractivity (Wildman–Crippen MR) is 65.5 cm³/mol. The molecule has 0 radical (unpaired) electrons. The zero-order valence-corrected chi connectivity index (χ0v) is 10.4. The second-order valence-corrected chi connectivity index (χ2v) is 4.29. The van der Waals surface area contributed by atoms with Crippen molar-refractivity contribution in [2.45, 2.75) is 6.61 Å². The summed E-state index contributed by atoms with van der Waals surface area (Å²) in [6.07, 6.45) is 1.23. The van der Waals surface area contributed by atoms with Crippen molar-refractivity contribution in [3.05, 3.63) is 51.6 Å². The average molecular weight is 290 g/mol. The number of aromatic nitrogens is 1. The summed E-state index contributed by atoms with van der Waals surface area (Å²) >= 11 is 11.8. The van der Waals surface area contributed by atoms with E-state index < -0.39 is 18.2 Å². The molecular weight excluding hydrogens is 283 g/mol. The van der Waals surface area contributed by atoms with Gasteiger partial charge in [-0.05, 0) is 12.1 Å². The van der Waals surface area contributed by atoms with Gasteiger partial charge in [-0.2, -0.15) is 0 Å². The minimum absolute atomic E-state index is 0.00880. The van der Waals surface area contributed by atoms with Crippen LogP contribution in [0.1, 0.15) is 5.56 Å². The Labute approximate surface area is 112 Å². The Hall–Kier alpha value is -1.23. The summed E-state index contributed by atoms with van der Waals surface area (Å²) in [5, 5.41) is 9.31. The zero-order valence-electron chi connectivity index (χ0n) is 8.92. The van der Waals surface area contributed by atoms with Crippen LogP contribution >= 0.6 is 23.2 Å². The van der Waals surface area contributed by atoms with Crippen LogP contribution in [0.5, 0.6) is 0 Å². The van der Waals surface area contributed by atoms with Gasteiger partial charge in [0.25, 0.3) is 0 Å². The highest BCUT2D eigenvalue weighted by atomic mass is 35.5. The van der Waals surface area contributed by atoms with Gasteiger partial charge in [-0.3, -0.25) is 4.98 Å². The van der Waals surface area contributed by atoms with E-state index in [1.54, 1.807) is 0 Å². The Morgan fingerprint density at radius 2 is 1.94 bits per heavy atom. The quantitative estimate of drug-likeness (QED) is 0.912. The Balaban J connectivity index is 2.69. The van der Waals surface area contributed by atoms with Crippen LogP contribution < -0.4 is 0 Å². The summed E-state index contributed by atoms with van der Waals surface area (Å²) in [7, 11) is 0. The molecular formula is C12H7Cl2F2NO. The van der Waals surface area contributed by atoms with E-state index in [1.807, 2.05) is 0 Å². The molecule has 0 aliphatic rings. The Morgan fingerprint density at radius 1 is 1.22 bits per heavy atom. The van der Waals surface area contributed by atoms with Gasteiger partial charge >= 0.3 is 0 Å². The highest BCUT2D eigenvalue weighted by Crippen LogP contribution is 2.34. The lowest BCUT2D eigenvalue weighted by Crippen LogP contribution is -1.96. The number of hydrogen-bond acceptors (Lipinski definition) is 2. The Bertz CT molecular complexity index is 605. The van der Waals surface area contributed by atoms with Crippen molar-refractivity contribution >= 4 is 23.2 Å². The van der Waals surface area contributed by atoms with Crippen molar-refractivity contribution < 1.29 is 13.9 Å². The number of aliphatic hydroxyl groups excluding tert-OH is 1. The largest absolute Gasteiger partial charge is 0.392 e. The standard InChI is InChI=1S/C12H7Cl2F2NO/c13-8-4-17-12(10(14)7(8)5-18)6-2-1-3-9(15)11(6)16/h1-4,18H,5H2. The number of benzene rings is 1. The number of aliphatic hydroxyl groups is 1. The van der Waals surface area contributed by atoms with Gasteiger partial charge in [-0.15, -0.1) is 0 Å². The topological polar surface area (TPSA) is 33.1 Å². The third kappa shape index (κ3) is 2.19. The van der Waals surface area contributed by atoms with Gasteiger partial charge in [0.15, 0.2) is 11.6 Å². The lowest BCUT2D eigenvalue weighted by molar-refractivity contribution is 0.282. The lowest BCUT2D eigenvalue weighted by Gasteiger charge is -2.09. The van der Waals surface area contributed by atoms with E-state index in [0.717, 1.165) is 6.07 Å². The fourth-order valence-electron chi connectivity index (χ4n) is 1.52. The fourth-order valence-corrected chi connectivity index (χ4v) is 2.09. The number of halogens is 4. The molecule has 1 aromatic heterocycles. The van der Waals surface area contributed by atoms with Crippen LogP contribution in [0.3, 0.4) is 0 Å². The molecule has 1 heterocycles. The summed E-state index contributed by atoms with van der Waals surface area (Å²) in [6.45, 7) is -0.413. The van der Waals surface area contributed by atoms with E-state index in [1.165, 1.54) is 18.3 Å². The van der Waals surface area contributed by atoms with Gasteiger partial charge in [0.05, 0.1) is 22.3 Å². The molecule has 0 saturated carbocycles. The highest BCUT2D eigenvalue weighted by molar-refractivity contribution is 6.37. The zero-order chi connectivity index (χ0) is 13.3. The minimum atomic E-state index is -1.04. The van der Waals surface area contributed by atoms with Gasteiger partial charge in [0.1, 0.15) is 0 Å². The molecule has 2 nitrogen and oxygen atoms in total. The third-order valence-corrected chi connectivity index (χ3v) is 3.17. The first-order chi connectivity index (χ1) is 8.56. The Kier molecular flexibility index (Phi) is 3.80.